The van der Waals surface area contributed by atoms with Gasteiger partial charge in [-0.15, -0.1) is 0 Å². The van der Waals surface area contributed by atoms with E-state index in [2.05, 4.69) is 24.1 Å². The third kappa shape index (κ3) is 5.14. The summed E-state index contributed by atoms with van der Waals surface area (Å²) in [5.41, 5.74) is 0.187. The van der Waals surface area contributed by atoms with Crippen molar-refractivity contribution in [3.8, 4) is 0 Å². The molecule has 0 radical (unpaired) electrons. The molecule has 1 aliphatic heterocycles. The molecule has 1 fully saturated rings. The van der Waals surface area contributed by atoms with Crippen LogP contribution in [0.4, 0.5) is 0 Å². The zero-order valence-corrected chi connectivity index (χ0v) is 20.1. The summed E-state index contributed by atoms with van der Waals surface area (Å²) < 4.78 is 27.5. The van der Waals surface area contributed by atoms with E-state index in [-0.39, 0.29) is 29.2 Å². The average molecular weight is 488 g/mol. The Balaban J connectivity index is 1.74. The zero-order valence-electron chi connectivity index (χ0n) is 19.3. The van der Waals surface area contributed by atoms with E-state index in [0.29, 0.717) is 18.9 Å². The van der Waals surface area contributed by atoms with Crippen molar-refractivity contribution < 1.29 is 13.2 Å². The van der Waals surface area contributed by atoms with Gasteiger partial charge in [-0.05, 0) is 24.3 Å². The Morgan fingerprint density at radius 3 is 2.56 bits per heavy atom. The molecule has 1 N–H and O–H groups in total. The van der Waals surface area contributed by atoms with Gasteiger partial charge in [0.15, 0.2) is 21.0 Å². The summed E-state index contributed by atoms with van der Waals surface area (Å²) in [4.78, 5) is 43.8. The van der Waals surface area contributed by atoms with Gasteiger partial charge in [0.2, 0.25) is 5.91 Å². The molecule has 4 rings (SSSR count). The molecule has 0 spiro atoms. The van der Waals surface area contributed by atoms with Crippen molar-refractivity contribution >= 4 is 26.9 Å². The van der Waals surface area contributed by atoms with Crippen LogP contribution in [-0.2, 0) is 34.3 Å². The van der Waals surface area contributed by atoms with Crippen molar-refractivity contribution in [2.45, 2.75) is 52.4 Å². The van der Waals surface area contributed by atoms with Crippen molar-refractivity contribution in [1.29, 1.82) is 0 Å². The minimum atomic E-state index is -3.17. The maximum Gasteiger partial charge on any atom is 0.333 e. The number of fused-ring (bicyclic) bond motifs is 1. The number of hydrogen-bond donors (Lipinski definition) is 1. The number of aryl methyl sites for hydroxylation is 1. The lowest BCUT2D eigenvalue weighted by atomic mass is 10.1. The zero-order chi connectivity index (χ0) is 24.5. The molecule has 34 heavy (non-hydrogen) atoms. The summed E-state index contributed by atoms with van der Waals surface area (Å²) in [6.07, 6.45) is 2.70. The van der Waals surface area contributed by atoms with Gasteiger partial charge < -0.3 is 9.88 Å². The first-order valence-electron chi connectivity index (χ1n) is 11.4. The fraction of sp³-hybridized carbons (Fsp3) is 0.478. The van der Waals surface area contributed by atoms with E-state index in [1.165, 1.54) is 4.57 Å². The van der Waals surface area contributed by atoms with Crippen LogP contribution in [0.15, 0.2) is 46.2 Å². The SMILES string of the molecule is CC(C)CCn1cnc2c1c(=O)n(CC(=O)NC1CCS(=O)(=O)C1)c(=O)n2Cc1ccccc1. The van der Waals surface area contributed by atoms with E-state index >= 15 is 0 Å². The molecule has 0 saturated carbocycles. The number of sulfone groups is 1. The van der Waals surface area contributed by atoms with Crippen molar-refractivity contribution in [1.82, 2.24) is 24.0 Å². The Morgan fingerprint density at radius 1 is 1.18 bits per heavy atom. The van der Waals surface area contributed by atoms with Gasteiger partial charge in [-0.2, -0.15) is 0 Å². The minimum Gasteiger partial charge on any atom is -0.351 e. The van der Waals surface area contributed by atoms with Gasteiger partial charge in [-0.1, -0.05) is 44.2 Å². The quantitative estimate of drug-likeness (QED) is 0.500. The molecule has 1 amide bonds. The van der Waals surface area contributed by atoms with E-state index in [9.17, 15) is 22.8 Å². The molecule has 1 atom stereocenters. The number of hydrogen-bond acceptors (Lipinski definition) is 6. The maximum atomic E-state index is 13.4. The Morgan fingerprint density at radius 2 is 1.91 bits per heavy atom. The number of carbonyl (C=O) groups is 1. The first-order valence-corrected chi connectivity index (χ1v) is 13.2. The molecule has 0 bridgehead atoms. The Labute approximate surface area is 197 Å². The van der Waals surface area contributed by atoms with Crippen LogP contribution in [-0.4, -0.2) is 50.6 Å². The molecule has 0 aliphatic carbocycles. The van der Waals surface area contributed by atoms with Crippen LogP contribution >= 0.6 is 0 Å². The first kappa shape index (κ1) is 23.9. The molecule has 182 valence electrons. The number of benzene rings is 1. The predicted octanol–water partition coefficient (Wildman–Crippen LogP) is 0.757. The van der Waals surface area contributed by atoms with Crippen LogP contribution in [0.3, 0.4) is 0 Å². The molecule has 1 aliphatic rings. The number of carbonyl (C=O) groups excluding carboxylic acids is 1. The topological polar surface area (TPSA) is 125 Å². The molecule has 2 aromatic heterocycles. The summed E-state index contributed by atoms with van der Waals surface area (Å²) >= 11 is 0. The normalized spacial score (nSPS) is 17.4. The predicted molar refractivity (Wildman–Crippen MR) is 128 cm³/mol. The molecular formula is C23H29N5O5S. The van der Waals surface area contributed by atoms with Gasteiger partial charge in [-0.3, -0.25) is 14.2 Å². The minimum absolute atomic E-state index is 0.0166. The molecule has 1 unspecified atom stereocenters. The number of nitrogens with one attached hydrogen (secondary N) is 1. The second-order valence-corrected chi connectivity index (χ2v) is 11.4. The highest BCUT2D eigenvalue weighted by molar-refractivity contribution is 7.91. The second-order valence-electron chi connectivity index (χ2n) is 9.21. The Kier molecular flexibility index (Phi) is 6.74. The van der Waals surface area contributed by atoms with Crippen molar-refractivity contribution in [3.05, 3.63) is 63.1 Å². The molecule has 1 saturated heterocycles. The van der Waals surface area contributed by atoms with Gasteiger partial charge in [0, 0.05) is 12.6 Å². The fourth-order valence-corrected chi connectivity index (χ4v) is 5.85. The number of imidazole rings is 1. The highest BCUT2D eigenvalue weighted by Gasteiger charge is 2.29. The van der Waals surface area contributed by atoms with Crippen molar-refractivity contribution in [3.63, 3.8) is 0 Å². The van der Waals surface area contributed by atoms with Gasteiger partial charge in [0.05, 0.1) is 24.4 Å². The standard InChI is InChI=1S/C23H29N5O5S/c1-16(2)8-10-26-15-24-21-20(26)22(30)28(13-19(29)25-18-9-11-34(32,33)14-18)23(31)27(21)12-17-6-4-3-5-7-17/h3-7,15-16,18H,8-14H2,1-2H3,(H,25,29). The molecule has 3 aromatic rings. The molecule has 10 nitrogen and oxygen atoms in total. The van der Waals surface area contributed by atoms with Crippen molar-refractivity contribution in [2.75, 3.05) is 11.5 Å². The second kappa shape index (κ2) is 9.57. The van der Waals surface area contributed by atoms with E-state index in [0.717, 1.165) is 16.6 Å². The third-order valence-corrected chi connectivity index (χ3v) is 7.78. The van der Waals surface area contributed by atoms with Gasteiger partial charge >= 0.3 is 5.69 Å². The highest BCUT2D eigenvalue weighted by Crippen LogP contribution is 2.13. The molecular weight excluding hydrogens is 458 g/mol. The largest absolute Gasteiger partial charge is 0.351 e. The van der Waals surface area contributed by atoms with Crippen LogP contribution < -0.4 is 16.6 Å². The smallest absolute Gasteiger partial charge is 0.333 e. The fourth-order valence-electron chi connectivity index (χ4n) is 4.18. The Bertz CT molecular complexity index is 1420. The van der Waals surface area contributed by atoms with Gasteiger partial charge in [0.1, 0.15) is 6.54 Å². The van der Waals surface area contributed by atoms with Gasteiger partial charge in [0.25, 0.3) is 5.56 Å². The molecule has 3 heterocycles. The van der Waals surface area contributed by atoms with Crippen molar-refractivity contribution in [2.24, 2.45) is 5.92 Å². The third-order valence-electron chi connectivity index (χ3n) is 6.01. The lowest BCUT2D eigenvalue weighted by Crippen LogP contribution is -2.46. The maximum absolute atomic E-state index is 13.4. The van der Waals surface area contributed by atoms with E-state index in [4.69, 9.17) is 0 Å². The van der Waals surface area contributed by atoms with E-state index in [1.807, 2.05) is 30.3 Å². The van der Waals surface area contributed by atoms with Gasteiger partial charge in [-0.25, -0.2) is 22.8 Å². The number of aromatic nitrogens is 4. The lowest BCUT2D eigenvalue weighted by molar-refractivity contribution is -0.122. The summed E-state index contributed by atoms with van der Waals surface area (Å²) in [6, 6.07) is 8.82. The van der Waals surface area contributed by atoms with E-state index < -0.39 is 39.6 Å². The van der Waals surface area contributed by atoms with Crippen LogP contribution in [0.5, 0.6) is 0 Å². The highest BCUT2D eigenvalue weighted by atomic mass is 32.2. The summed E-state index contributed by atoms with van der Waals surface area (Å²) in [5.74, 6) is -0.279. The van der Waals surface area contributed by atoms with Crippen LogP contribution in [0.2, 0.25) is 0 Å². The number of nitrogens with zero attached hydrogens (tertiary/aromatic N) is 4. The molecule has 1 aromatic carbocycles. The van der Waals surface area contributed by atoms with Crippen LogP contribution in [0.1, 0.15) is 32.3 Å². The lowest BCUT2D eigenvalue weighted by Gasteiger charge is -2.15. The Hall–Kier alpha value is -3.21. The van der Waals surface area contributed by atoms with Crippen LogP contribution in [0, 0.1) is 5.92 Å². The van der Waals surface area contributed by atoms with Crippen LogP contribution in [0.25, 0.3) is 11.2 Å². The summed E-state index contributed by atoms with van der Waals surface area (Å²) in [7, 11) is -3.17. The molecule has 11 heteroatoms. The monoisotopic (exact) mass is 487 g/mol. The number of amides is 1. The summed E-state index contributed by atoms with van der Waals surface area (Å²) in [5, 5.41) is 2.65. The average Bonchev–Trinajstić information content (AvgIpc) is 3.36. The number of rotatable bonds is 8. The first-order chi connectivity index (χ1) is 16.1. The summed E-state index contributed by atoms with van der Waals surface area (Å²) in [6.45, 7) is 4.42. The van der Waals surface area contributed by atoms with E-state index in [1.54, 1.807) is 10.9 Å².